The van der Waals surface area contributed by atoms with Crippen LogP contribution in [0.3, 0.4) is 0 Å². The van der Waals surface area contributed by atoms with Crippen molar-refractivity contribution in [3.05, 3.63) is 0 Å². The Bertz CT molecular complexity index is 2100. The van der Waals surface area contributed by atoms with Gasteiger partial charge in [0.15, 0.2) is 73.8 Å². The second kappa shape index (κ2) is 37.5. The molecule has 3 aliphatic rings. The number of esters is 12. The lowest BCUT2D eigenvalue weighted by molar-refractivity contribution is -0.329. The Morgan fingerprint density at radius 2 is 0.483 bits per heavy atom. The number of ether oxygens (including phenoxy) is 15. The Hall–Kier alpha value is -6.38. The normalized spacial score (nSPS) is 26.9. The van der Waals surface area contributed by atoms with Crippen LogP contribution >= 0.6 is 0 Å². The molecule has 0 aromatic heterocycles. The summed E-state index contributed by atoms with van der Waals surface area (Å²) in [5, 5.41) is 0. The Labute approximate surface area is 506 Å². The molecular weight excluding hydrogens is 1180 g/mol. The molecule has 15 atom stereocenters. The summed E-state index contributed by atoms with van der Waals surface area (Å²) in [4.78, 5) is 155. The Kier molecular flexibility index (Phi) is 32.2. The first-order valence-electron chi connectivity index (χ1n) is 28.9. The van der Waals surface area contributed by atoms with E-state index in [2.05, 4.69) is 6.92 Å². The summed E-state index contributed by atoms with van der Waals surface area (Å²) in [6, 6.07) is -0.489. The summed E-state index contributed by atoms with van der Waals surface area (Å²) in [6.45, 7) is 11.7. The van der Waals surface area contributed by atoms with Crippen LogP contribution in [0.1, 0.15) is 167 Å². The number of hydrogen-bond acceptors (Lipinski definition) is 30. The minimum Gasteiger partial charge on any atom is -0.463 e. The molecule has 0 aromatic rings. The summed E-state index contributed by atoms with van der Waals surface area (Å²) >= 11 is 0. The minimum atomic E-state index is -5.54. The van der Waals surface area contributed by atoms with Crippen LogP contribution < -0.4 is 0 Å². The Morgan fingerprint density at radius 3 is 0.701 bits per heavy atom. The molecule has 0 bridgehead atoms. The average Bonchev–Trinajstić information content (AvgIpc) is 1.20. The summed E-state index contributed by atoms with van der Waals surface area (Å²) in [5.41, 5.74) is 0. The van der Waals surface area contributed by atoms with E-state index < -0.39 is 198 Å². The molecule has 3 heterocycles. The van der Waals surface area contributed by atoms with Gasteiger partial charge in [0.05, 0.1) is 0 Å². The van der Waals surface area contributed by atoms with E-state index in [9.17, 15) is 57.5 Å². The third-order valence-corrected chi connectivity index (χ3v) is 15.8. The molecular formula is C56H86O30Si. The van der Waals surface area contributed by atoms with Crippen LogP contribution in [0.25, 0.3) is 0 Å². The SMILES string of the molecule is CCCCCCCCCCCCCC[Si](O[C@@H]1O[C@H](COC(C)=O)[C@@H](OC(C)=O)[C@H](OC(C)=O)[C@H]1OC(C)=O)(O[C@@H]1O[C@H](COC(C)=O)[C@@H](OC(C)=O)[C@H](OC(C)=O)[C@H]1OC(C)=O)O[C@@H]1O[C@H](COC(C)=O)[C@@H](OC(C)=O)[C@H](OC(C)=O)[C@H]1OC(C)=O. The standard InChI is InChI=1S/C56H86O30Si/c1-14-15-16-17-18-19-20-21-22-23-24-25-26-87(84-54-51(78-39(11)66)48(75-36(8)63)45(72-33(5)60)42(81-54)27-69-30(2)57,85-55-52(79-40(12)67)49(76-37(9)64)46(73-34(6)61)43(82-55)28-70-31(3)58)86-56-53(80-41(13)68)50(77-38(10)65)47(74-35(7)62)44(83-56)29-71-32(4)59/h42-56H,14-29H2,1-13H3/t42-,43-,44-,45-,46-,47-,48+,49+,50+,51-,52-,53-,54+,55+,56+/m1/s1. The van der Waals surface area contributed by atoms with E-state index in [4.69, 9.17) is 84.3 Å². The van der Waals surface area contributed by atoms with Crippen LogP contribution in [0.4, 0.5) is 0 Å². The van der Waals surface area contributed by atoms with Gasteiger partial charge in [0.2, 0.25) is 0 Å². The molecule has 3 aliphatic heterocycles. The quantitative estimate of drug-likeness (QED) is 0.0381. The number of rotatable bonds is 34. The fraction of sp³-hybridized carbons (Fsp3) is 0.786. The zero-order chi connectivity index (χ0) is 65.1. The fourth-order valence-corrected chi connectivity index (χ4v) is 12.7. The molecule has 30 nitrogen and oxygen atoms in total. The van der Waals surface area contributed by atoms with Gasteiger partial charge in [0.1, 0.15) is 38.1 Å². The molecule has 0 aliphatic carbocycles. The molecule has 0 N–H and O–H groups in total. The van der Waals surface area contributed by atoms with E-state index >= 15 is 0 Å². The predicted molar refractivity (Wildman–Crippen MR) is 291 cm³/mol. The van der Waals surface area contributed by atoms with Gasteiger partial charge in [-0.15, -0.1) is 0 Å². The maximum Gasteiger partial charge on any atom is 0.507 e. The van der Waals surface area contributed by atoms with Crippen LogP contribution in [0.15, 0.2) is 0 Å². The highest BCUT2D eigenvalue weighted by atomic mass is 28.4. The van der Waals surface area contributed by atoms with Crippen molar-refractivity contribution in [2.24, 2.45) is 0 Å². The van der Waals surface area contributed by atoms with E-state index in [-0.39, 0.29) is 6.42 Å². The lowest BCUT2D eigenvalue weighted by Crippen LogP contribution is -2.70. The predicted octanol–water partition coefficient (Wildman–Crippen LogP) is 3.93. The number of carbonyl (C=O) groups is 12. The topological polar surface area (TPSA) is 371 Å². The van der Waals surface area contributed by atoms with Gasteiger partial charge in [-0.1, -0.05) is 77.6 Å². The molecule has 0 unspecified atom stereocenters. The first-order chi connectivity index (χ1) is 40.9. The van der Waals surface area contributed by atoms with Crippen LogP contribution in [0, 0.1) is 0 Å². The highest BCUT2D eigenvalue weighted by Crippen LogP contribution is 2.40. The summed E-state index contributed by atoms with van der Waals surface area (Å²) in [6.07, 6.45) is -18.7. The van der Waals surface area contributed by atoms with Crippen molar-refractivity contribution < 1.29 is 142 Å². The van der Waals surface area contributed by atoms with Gasteiger partial charge in [-0.05, 0) is 6.42 Å². The largest absolute Gasteiger partial charge is 0.507 e. The summed E-state index contributed by atoms with van der Waals surface area (Å²) in [7, 11) is -5.54. The molecule has 87 heavy (non-hydrogen) atoms. The molecule has 494 valence electrons. The zero-order valence-electron chi connectivity index (χ0n) is 51.7. The van der Waals surface area contributed by atoms with E-state index in [0.29, 0.717) is 12.8 Å². The van der Waals surface area contributed by atoms with Crippen LogP contribution in [-0.2, 0) is 142 Å². The lowest BCUT2D eigenvalue weighted by Gasteiger charge is -2.50. The van der Waals surface area contributed by atoms with Crippen LogP contribution in [0.5, 0.6) is 0 Å². The molecule has 3 rings (SSSR count). The van der Waals surface area contributed by atoms with Crippen LogP contribution in [0.2, 0.25) is 6.04 Å². The molecule has 0 amide bonds. The fourth-order valence-electron chi connectivity index (χ4n) is 9.82. The second-order valence-electron chi connectivity index (χ2n) is 20.9. The van der Waals surface area contributed by atoms with Gasteiger partial charge in [0.25, 0.3) is 0 Å². The lowest BCUT2D eigenvalue weighted by atomic mass is 9.98. The highest BCUT2D eigenvalue weighted by molar-refractivity contribution is 6.60. The van der Waals surface area contributed by atoms with Crippen molar-refractivity contribution in [3.63, 3.8) is 0 Å². The van der Waals surface area contributed by atoms with Crippen LogP contribution in [-0.4, -0.2) is 192 Å². The maximum atomic E-state index is 13.3. The number of unbranched alkanes of at least 4 members (excludes halogenated alkanes) is 11. The zero-order valence-corrected chi connectivity index (χ0v) is 52.7. The van der Waals surface area contributed by atoms with Gasteiger partial charge in [-0.25, -0.2) is 0 Å². The first kappa shape index (κ1) is 74.9. The monoisotopic (exact) mass is 1270 g/mol. The highest BCUT2D eigenvalue weighted by Gasteiger charge is 2.63. The minimum absolute atomic E-state index is 0.0189. The van der Waals surface area contributed by atoms with E-state index in [1.54, 1.807) is 0 Å². The summed E-state index contributed by atoms with van der Waals surface area (Å²) < 4.78 is 108. The summed E-state index contributed by atoms with van der Waals surface area (Å²) in [5.74, 6) is -11.9. The second-order valence-corrected chi connectivity index (χ2v) is 23.5. The van der Waals surface area contributed by atoms with Gasteiger partial charge in [-0.3, -0.25) is 57.5 Å². The van der Waals surface area contributed by atoms with Crippen molar-refractivity contribution >= 4 is 80.4 Å². The third-order valence-electron chi connectivity index (χ3n) is 13.1. The number of hydrogen-bond donors (Lipinski definition) is 0. The van der Waals surface area contributed by atoms with Crippen molar-refractivity contribution in [1.29, 1.82) is 0 Å². The molecule has 0 aromatic carbocycles. The molecule has 3 saturated heterocycles. The molecule has 31 heteroatoms. The maximum absolute atomic E-state index is 13.3. The van der Waals surface area contributed by atoms with E-state index in [0.717, 1.165) is 141 Å². The smallest absolute Gasteiger partial charge is 0.463 e. The first-order valence-corrected chi connectivity index (χ1v) is 30.8. The Morgan fingerprint density at radius 1 is 0.276 bits per heavy atom. The van der Waals surface area contributed by atoms with Crippen molar-refractivity contribution in [2.45, 2.75) is 265 Å². The molecule has 0 radical (unpaired) electrons. The average molecular weight is 1270 g/mol. The molecule has 0 saturated carbocycles. The van der Waals surface area contributed by atoms with E-state index in [1.807, 2.05) is 0 Å². The van der Waals surface area contributed by atoms with Gasteiger partial charge in [0, 0.05) is 89.1 Å². The third kappa shape index (κ3) is 26.5. The van der Waals surface area contributed by atoms with Crippen molar-refractivity contribution in [3.8, 4) is 0 Å². The van der Waals surface area contributed by atoms with Gasteiger partial charge >= 0.3 is 80.4 Å². The molecule has 0 spiro atoms. The molecule has 3 fully saturated rings. The van der Waals surface area contributed by atoms with Crippen molar-refractivity contribution in [2.75, 3.05) is 19.8 Å². The van der Waals surface area contributed by atoms with E-state index in [1.165, 1.54) is 0 Å². The van der Waals surface area contributed by atoms with Crippen molar-refractivity contribution in [1.82, 2.24) is 0 Å². The van der Waals surface area contributed by atoms with Gasteiger partial charge < -0.3 is 84.3 Å². The van der Waals surface area contributed by atoms with Gasteiger partial charge in [-0.2, -0.15) is 0 Å². The Balaban J connectivity index is 2.59. The number of carbonyl (C=O) groups excluding carboxylic acids is 12.